The van der Waals surface area contributed by atoms with Gasteiger partial charge in [0.15, 0.2) is 0 Å². The average molecular weight is 343 g/mol. The van der Waals surface area contributed by atoms with Crippen LogP contribution in [-0.4, -0.2) is 52.3 Å². The van der Waals surface area contributed by atoms with Crippen LogP contribution in [0.2, 0.25) is 0 Å². The fourth-order valence-corrected chi connectivity index (χ4v) is 3.06. The van der Waals surface area contributed by atoms with E-state index in [2.05, 4.69) is 35.7 Å². The van der Waals surface area contributed by atoms with E-state index >= 15 is 0 Å². The summed E-state index contributed by atoms with van der Waals surface area (Å²) in [6, 6.07) is 0.382. The molecule has 0 bridgehead atoms. The third-order valence-corrected chi connectivity index (χ3v) is 4.80. The summed E-state index contributed by atoms with van der Waals surface area (Å²) < 4.78 is 0. The summed E-state index contributed by atoms with van der Waals surface area (Å²) in [5, 5.41) is 13.2. The summed E-state index contributed by atoms with van der Waals surface area (Å²) in [4.78, 5) is 22.9. The van der Waals surface area contributed by atoms with Crippen LogP contribution < -0.4 is 15.5 Å². The van der Waals surface area contributed by atoms with E-state index in [-0.39, 0.29) is 11.7 Å². The molecule has 0 unspecified atom stereocenters. The van der Waals surface area contributed by atoms with E-state index in [1.54, 1.807) is 7.05 Å². The fourth-order valence-electron chi connectivity index (χ4n) is 3.06. The van der Waals surface area contributed by atoms with Crippen LogP contribution in [0.1, 0.15) is 39.6 Å². The highest BCUT2D eigenvalue weighted by atomic mass is 16.2. The molecule has 1 amide bonds. The first-order valence-electron chi connectivity index (χ1n) is 8.54. The molecular weight excluding hydrogens is 318 g/mol. The maximum Gasteiger partial charge on any atom is 0.288 e. The van der Waals surface area contributed by atoms with E-state index in [0.717, 1.165) is 48.8 Å². The predicted molar refractivity (Wildman–Crippen MR) is 95.7 cm³/mol. The van der Waals surface area contributed by atoms with Crippen LogP contribution in [0.15, 0.2) is 6.20 Å². The van der Waals surface area contributed by atoms with Gasteiger partial charge in [-0.25, -0.2) is 9.97 Å². The first-order chi connectivity index (χ1) is 12.0. The number of carbonyl (C=O) groups is 1. The number of carbonyl (C=O) groups excluding carboxylic acids is 1. The Morgan fingerprint density at radius 2 is 2.16 bits per heavy atom. The summed E-state index contributed by atoms with van der Waals surface area (Å²) in [5.41, 5.74) is 4.15. The van der Waals surface area contributed by atoms with Gasteiger partial charge in [-0.1, -0.05) is 0 Å². The number of hydrogen-bond acceptors (Lipinski definition) is 6. The highest BCUT2D eigenvalue weighted by Gasteiger charge is 2.26. The van der Waals surface area contributed by atoms with Gasteiger partial charge in [0.25, 0.3) is 5.91 Å². The van der Waals surface area contributed by atoms with E-state index in [9.17, 15) is 4.79 Å². The highest BCUT2D eigenvalue weighted by molar-refractivity contribution is 5.90. The van der Waals surface area contributed by atoms with Gasteiger partial charge in [-0.05, 0) is 27.2 Å². The van der Waals surface area contributed by atoms with Gasteiger partial charge in [0, 0.05) is 55.2 Å². The predicted octanol–water partition coefficient (Wildman–Crippen LogP) is 0.853. The molecule has 1 fully saturated rings. The summed E-state index contributed by atoms with van der Waals surface area (Å²) in [7, 11) is 1.59. The van der Waals surface area contributed by atoms with Crippen molar-refractivity contribution in [1.82, 2.24) is 30.8 Å². The molecule has 1 saturated heterocycles. The molecule has 0 spiro atoms. The molecule has 134 valence electrons. The molecule has 3 N–H and O–H groups in total. The molecule has 0 saturated carbocycles. The second-order valence-electron chi connectivity index (χ2n) is 6.49. The molecule has 0 aliphatic carbocycles. The zero-order chi connectivity index (χ0) is 18.0. The highest BCUT2D eigenvalue weighted by Crippen LogP contribution is 2.24. The van der Waals surface area contributed by atoms with Gasteiger partial charge in [-0.2, -0.15) is 5.10 Å². The van der Waals surface area contributed by atoms with Gasteiger partial charge in [0.2, 0.25) is 5.82 Å². The Labute approximate surface area is 147 Å². The number of rotatable bonds is 5. The van der Waals surface area contributed by atoms with Gasteiger partial charge in [0.1, 0.15) is 5.82 Å². The Bertz CT molecular complexity index is 770. The van der Waals surface area contributed by atoms with Crippen LogP contribution in [0.25, 0.3) is 0 Å². The zero-order valence-corrected chi connectivity index (χ0v) is 15.2. The van der Waals surface area contributed by atoms with E-state index in [1.807, 2.05) is 27.0 Å². The molecule has 1 aliphatic rings. The maximum absolute atomic E-state index is 11.9. The van der Waals surface area contributed by atoms with Crippen molar-refractivity contribution >= 4 is 11.7 Å². The third kappa shape index (κ3) is 3.63. The molecule has 8 nitrogen and oxygen atoms in total. The third-order valence-electron chi connectivity index (χ3n) is 4.80. The summed E-state index contributed by atoms with van der Waals surface area (Å²) in [6.07, 6.45) is 2.90. The molecule has 2 aromatic rings. The van der Waals surface area contributed by atoms with E-state index in [4.69, 9.17) is 0 Å². The van der Waals surface area contributed by atoms with Crippen LogP contribution in [0, 0.1) is 20.8 Å². The second-order valence-corrected chi connectivity index (χ2v) is 6.49. The second kappa shape index (κ2) is 7.18. The van der Waals surface area contributed by atoms with E-state index < -0.39 is 0 Å². The van der Waals surface area contributed by atoms with Gasteiger partial charge in [-0.15, -0.1) is 0 Å². The fraction of sp³-hybridized carbons (Fsp3) is 0.529. The van der Waals surface area contributed by atoms with E-state index in [0.29, 0.717) is 6.04 Å². The van der Waals surface area contributed by atoms with Crippen molar-refractivity contribution in [3.8, 4) is 0 Å². The van der Waals surface area contributed by atoms with Crippen molar-refractivity contribution in [3.63, 3.8) is 0 Å². The largest absolute Gasteiger partial charge is 0.355 e. The number of nitrogens with zero attached hydrogens (tertiary/aromatic N) is 4. The SMILES string of the molecule is CNC(=O)c1nc(C)c(C)c(N2CC[C@@H](NCc3cn[nH]c3C)C2)n1. The van der Waals surface area contributed by atoms with Crippen molar-refractivity contribution < 1.29 is 4.79 Å². The number of aromatic nitrogens is 4. The van der Waals surface area contributed by atoms with Gasteiger partial charge >= 0.3 is 0 Å². The van der Waals surface area contributed by atoms with E-state index in [1.165, 1.54) is 5.56 Å². The molecule has 0 radical (unpaired) electrons. The zero-order valence-electron chi connectivity index (χ0n) is 15.2. The van der Waals surface area contributed by atoms with Crippen molar-refractivity contribution in [2.24, 2.45) is 0 Å². The lowest BCUT2D eigenvalue weighted by Gasteiger charge is -2.21. The van der Waals surface area contributed by atoms with Crippen LogP contribution in [0.3, 0.4) is 0 Å². The number of H-pyrrole nitrogens is 1. The standard InChI is InChI=1S/C17H25N7O/c1-10-11(2)21-15(17(25)18-4)22-16(10)24-6-5-14(9-24)19-7-13-8-20-23-12(13)3/h8,14,19H,5-7,9H2,1-4H3,(H,18,25)(H,20,23)/t14-/m1/s1. The lowest BCUT2D eigenvalue weighted by Crippen LogP contribution is -2.33. The van der Waals surface area contributed by atoms with Crippen molar-refractivity contribution in [2.75, 3.05) is 25.0 Å². The van der Waals surface area contributed by atoms with Gasteiger partial charge < -0.3 is 15.5 Å². The van der Waals surface area contributed by atoms with Gasteiger partial charge in [0.05, 0.1) is 6.20 Å². The first kappa shape index (κ1) is 17.3. The summed E-state index contributed by atoms with van der Waals surface area (Å²) >= 11 is 0. The minimum Gasteiger partial charge on any atom is -0.355 e. The average Bonchev–Trinajstić information content (AvgIpc) is 3.23. The van der Waals surface area contributed by atoms with Crippen LogP contribution >= 0.6 is 0 Å². The van der Waals surface area contributed by atoms with Crippen molar-refractivity contribution in [3.05, 3.63) is 34.5 Å². The number of nitrogens with one attached hydrogen (secondary N) is 3. The summed E-state index contributed by atoms with van der Waals surface area (Å²) in [6.45, 7) is 8.52. The molecule has 2 aromatic heterocycles. The smallest absolute Gasteiger partial charge is 0.288 e. The Hall–Kier alpha value is -2.48. The Morgan fingerprint density at radius 3 is 2.84 bits per heavy atom. The Kier molecular flexibility index (Phi) is 4.98. The van der Waals surface area contributed by atoms with Gasteiger partial charge in [-0.3, -0.25) is 9.89 Å². The molecule has 1 atom stereocenters. The monoisotopic (exact) mass is 343 g/mol. The molecule has 25 heavy (non-hydrogen) atoms. The van der Waals surface area contributed by atoms with Crippen LogP contribution in [0.4, 0.5) is 5.82 Å². The maximum atomic E-state index is 11.9. The summed E-state index contributed by atoms with van der Waals surface area (Å²) in [5.74, 6) is 0.828. The number of aryl methyl sites for hydroxylation is 2. The topological polar surface area (TPSA) is 98.8 Å². The van der Waals surface area contributed by atoms with Crippen molar-refractivity contribution in [1.29, 1.82) is 0 Å². The normalized spacial score (nSPS) is 17.1. The minimum atomic E-state index is -0.256. The lowest BCUT2D eigenvalue weighted by atomic mass is 10.2. The molecule has 8 heteroatoms. The minimum absolute atomic E-state index is 0.228. The Morgan fingerprint density at radius 1 is 1.36 bits per heavy atom. The molecule has 3 rings (SSSR count). The van der Waals surface area contributed by atoms with Crippen molar-refractivity contribution in [2.45, 2.75) is 39.8 Å². The Balaban J connectivity index is 1.70. The number of anilines is 1. The number of amides is 1. The molecular formula is C17H25N7O. The molecule has 3 heterocycles. The van der Waals surface area contributed by atoms with Crippen LogP contribution in [0.5, 0.6) is 0 Å². The molecule has 1 aliphatic heterocycles. The quantitative estimate of drug-likeness (QED) is 0.744. The van der Waals surface area contributed by atoms with Crippen LogP contribution in [-0.2, 0) is 6.54 Å². The lowest BCUT2D eigenvalue weighted by molar-refractivity contribution is 0.0952. The first-order valence-corrected chi connectivity index (χ1v) is 8.54. The molecule has 0 aromatic carbocycles. The number of aromatic amines is 1. The number of hydrogen-bond donors (Lipinski definition) is 3.